The van der Waals surface area contributed by atoms with E-state index in [1.165, 1.54) is 0 Å². The molecule has 1 unspecified atom stereocenters. The Balaban J connectivity index is 2.50. The van der Waals surface area contributed by atoms with Gasteiger partial charge in [-0.2, -0.15) is 0 Å². The van der Waals surface area contributed by atoms with Crippen LogP contribution >= 0.6 is 15.9 Å². The molecule has 1 aromatic carbocycles. The van der Waals surface area contributed by atoms with Crippen LogP contribution in [-0.4, -0.2) is 12.8 Å². The fourth-order valence-corrected chi connectivity index (χ4v) is 2.01. The van der Waals surface area contributed by atoms with Crippen LogP contribution in [0.4, 0.5) is 4.39 Å². The molecule has 15 heavy (non-hydrogen) atoms. The number of fused-ring (bicyclic) bond motifs is 1. The number of hydrogen-bond acceptors (Lipinski definition) is 3. The molecule has 0 saturated heterocycles. The van der Waals surface area contributed by atoms with Crippen LogP contribution in [0.25, 0.3) is 0 Å². The van der Waals surface area contributed by atoms with Gasteiger partial charge in [-0.05, 0) is 29.3 Å². The van der Waals surface area contributed by atoms with Gasteiger partial charge in [0.2, 0.25) is 6.79 Å². The van der Waals surface area contributed by atoms with Gasteiger partial charge in [-0.15, -0.1) is 0 Å². The molecule has 0 amide bonds. The Morgan fingerprint density at radius 2 is 2.33 bits per heavy atom. The molecule has 82 valence electrons. The van der Waals surface area contributed by atoms with Crippen molar-refractivity contribution in [2.45, 2.75) is 19.4 Å². The summed E-state index contributed by atoms with van der Waals surface area (Å²) in [5.41, 5.74) is 6.14. The summed E-state index contributed by atoms with van der Waals surface area (Å²) >= 11 is 3.14. The van der Waals surface area contributed by atoms with Crippen LogP contribution in [0.1, 0.15) is 12.5 Å². The molecule has 0 fully saturated rings. The Morgan fingerprint density at radius 1 is 1.60 bits per heavy atom. The predicted octanol–water partition coefficient (Wildman–Crippen LogP) is 2.21. The van der Waals surface area contributed by atoms with Gasteiger partial charge in [0.15, 0.2) is 11.5 Å². The third-order valence-corrected chi connectivity index (χ3v) is 2.75. The molecule has 1 aliphatic rings. The number of rotatable bonds is 2. The number of nitrogens with two attached hydrogens (primary N) is 1. The lowest BCUT2D eigenvalue weighted by molar-refractivity contribution is 0.173. The number of hydrogen-bond donors (Lipinski definition) is 1. The summed E-state index contributed by atoms with van der Waals surface area (Å²) < 4.78 is 24.6. The highest BCUT2D eigenvalue weighted by atomic mass is 79.9. The van der Waals surface area contributed by atoms with Crippen LogP contribution in [0.3, 0.4) is 0 Å². The van der Waals surface area contributed by atoms with Crippen LogP contribution in [0.2, 0.25) is 0 Å². The van der Waals surface area contributed by atoms with E-state index < -0.39 is 0 Å². The quantitative estimate of drug-likeness (QED) is 0.900. The summed E-state index contributed by atoms with van der Waals surface area (Å²) in [5, 5.41) is 0. The highest BCUT2D eigenvalue weighted by Gasteiger charge is 2.24. The van der Waals surface area contributed by atoms with Gasteiger partial charge in [-0.25, -0.2) is 4.39 Å². The van der Waals surface area contributed by atoms with Crippen LogP contribution in [0, 0.1) is 5.82 Å². The molecule has 0 aromatic heterocycles. The highest BCUT2D eigenvalue weighted by molar-refractivity contribution is 9.10. The van der Waals surface area contributed by atoms with Gasteiger partial charge < -0.3 is 15.2 Å². The topological polar surface area (TPSA) is 44.5 Å². The summed E-state index contributed by atoms with van der Waals surface area (Å²) in [6, 6.07) is 1.45. The summed E-state index contributed by atoms with van der Waals surface area (Å²) in [7, 11) is 0. The molecule has 0 aliphatic carbocycles. The van der Waals surface area contributed by atoms with Crippen molar-refractivity contribution in [1.29, 1.82) is 0 Å². The second kappa shape index (κ2) is 3.98. The lowest BCUT2D eigenvalue weighted by atomic mass is 10.1. The summed E-state index contributed by atoms with van der Waals surface area (Å²) in [4.78, 5) is 0. The maximum Gasteiger partial charge on any atom is 0.231 e. The van der Waals surface area contributed by atoms with Gasteiger partial charge in [0, 0.05) is 17.7 Å². The van der Waals surface area contributed by atoms with Crippen LogP contribution in [0.5, 0.6) is 11.5 Å². The average molecular weight is 276 g/mol. The van der Waals surface area contributed by atoms with E-state index >= 15 is 0 Å². The number of benzene rings is 1. The van der Waals surface area contributed by atoms with Gasteiger partial charge in [0.25, 0.3) is 0 Å². The highest BCUT2D eigenvalue weighted by Crippen LogP contribution is 2.41. The minimum atomic E-state index is -0.323. The molecular weight excluding hydrogens is 265 g/mol. The Labute approximate surface area is 95.5 Å². The minimum absolute atomic E-state index is 0.123. The molecule has 1 aliphatic heterocycles. The Bertz CT molecular complexity index is 395. The molecular formula is C10H11BrFNO2. The first-order valence-electron chi connectivity index (χ1n) is 4.61. The van der Waals surface area contributed by atoms with Gasteiger partial charge in [0.05, 0.1) is 4.47 Å². The zero-order valence-electron chi connectivity index (χ0n) is 8.22. The molecule has 1 atom stereocenters. The zero-order chi connectivity index (χ0) is 11.0. The summed E-state index contributed by atoms with van der Waals surface area (Å²) in [6.45, 7) is 1.96. The smallest absolute Gasteiger partial charge is 0.231 e. The molecule has 0 bridgehead atoms. The lowest BCUT2D eigenvalue weighted by Gasteiger charge is -2.10. The van der Waals surface area contributed by atoms with Crippen molar-refractivity contribution < 1.29 is 13.9 Å². The Morgan fingerprint density at radius 3 is 3.00 bits per heavy atom. The summed E-state index contributed by atoms with van der Waals surface area (Å²) in [6.07, 6.45) is 0.428. The fraction of sp³-hybridized carbons (Fsp3) is 0.400. The van der Waals surface area contributed by atoms with Crippen molar-refractivity contribution in [3.8, 4) is 11.5 Å². The number of ether oxygens (including phenoxy) is 2. The molecule has 2 N–H and O–H groups in total. The van der Waals surface area contributed by atoms with Gasteiger partial charge in [-0.3, -0.25) is 0 Å². The van der Waals surface area contributed by atoms with Crippen LogP contribution < -0.4 is 15.2 Å². The average Bonchev–Trinajstić information content (AvgIpc) is 2.59. The molecule has 1 aromatic rings. The molecule has 0 saturated carbocycles. The predicted molar refractivity (Wildman–Crippen MR) is 57.6 cm³/mol. The zero-order valence-corrected chi connectivity index (χ0v) is 9.80. The normalized spacial score (nSPS) is 15.5. The standard InChI is InChI=1S/C10H11BrFNO2/c1-5(13)2-6-9(12)7(11)3-8-10(6)15-4-14-8/h3,5H,2,4,13H2,1H3. The molecule has 0 radical (unpaired) electrons. The van der Waals surface area contributed by atoms with Crippen LogP contribution in [-0.2, 0) is 6.42 Å². The second-order valence-corrected chi connectivity index (χ2v) is 4.42. The van der Waals surface area contributed by atoms with Crippen molar-refractivity contribution >= 4 is 15.9 Å². The third-order valence-electron chi connectivity index (χ3n) is 2.17. The SMILES string of the molecule is CC(N)Cc1c(F)c(Br)cc2c1OCO2. The van der Waals surface area contributed by atoms with E-state index in [1.807, 2.05) is 6.92 Å². The van der Waals surface area contributed by atoms with E-state index in [2.05, 4.69) is 15.9 Å². The van der Waals surface area contributed by atoms with E-state index in [-0.39, 0.29) is 18.7 Å². The van der Waals surface area contributed by atoms with E-state index in [0.717, 1.165) is 0 Å². The monoisotopic (exact) mass is 275 g/mol. The minimum Gasteiger partial charge on any atom is -0.454 e. The molecule has 1 heterocycles. The van der Waals surface area contributed by atoms with Crippen molar-refractivity contribution in [2.24, 2.45) is 5.73 Å². The van der Waals surface area contributed by atoms with E-state index in [0.29, 0.717) is 28.0 Å². The molecule has 0 spiro atoms. The van der Waals surface area contributed by atoms with E-state index in [4.69, 9.17) is 15.2 Å². The Hall–Kier alpha value is -0.810. The maximum absolute atomic E-state index is 13.8. The molecule has 5 heteroatoms. The number of halogens is 2. The third kappa shape index (κ3) is 1.94. The summed E-state index contributed by atoms with van der Waals surface area (Å²) in [5.74, 6) is 0.725. The van der Waals surface area contributed by atoms with Crippen molar-refractivity contribution in [3.63, 3.8) is 0 Å². The van der Waals surface area contributed by atoms with Crippen molar-refractivity contribution in [1.82, 2.24) is 0 Å². The fourth-order valence-electron chi connectivity index (χ4n) is 1.56. The first-order valence-corrected chi connectivity index (χ1v) is 5.41. The molecule has 2 rings (SSSR count). The first kappa shape index (κ1) is 10.7. The van der Waals surface area contributed by atoms with Crippen molar-refractivity contribution in [3.05, 3.63) is 21.9 Å². The largest absolute Gasteiger partial charge is 0.454 e. The van der Waals surface area contributed by atoms with Gasteiger partial charge in [0.1, 0.15) is 5.82 Å². The lowest BCUT2D eigenvalue weighted by Crippen LogP contribution is -2.19. The van der Waals surface area contributed by atoms with Gasteiger partial charge >= 0.3 is 0 Å². The van der Waals surface area contributed by atoms with Crippen molar-refractivity contribution in [2.75, 3.05) is 6.79 Å². The second-order valence-electron chi connectivity index (χ2n) is 3.57. The Kier molecular flexibility index (Phi) is 2.84. The molecule has 3 nitrogen and oxygen atoms in total. The maximum atomic E-state index is 13.8. The van der Waals surface area contributed by atoms with Gasteiger partial charge in [-0.1, -0.05) is 0 Å². The van der Waals surface area contributed by atoms with Crippen LogP contribution in [0.15, 0.2) is 10.5 Å². The first-order chi connectivity index (χ1) is 7.09. The van der Waals surface area contributed by atoms with E-state index in [9.17, 15) is 4.39 Å². The van der Waals surface area contributed by atoms with E-state index in [1.54, 1.807) is 6.07 Å².